The van der Waals surface area contributed by atoms with Crippen LogP contribution in [0.15, 0.2) is 6.20 Å². The fourth-order valence-corrected chi connectivity index (χ4v) is 1.18. The standard InChI is InChI=1S/C9H13NO4/c1-12-7-4-10-9(14-3)8(13-2)6(7)5-11/h4,11H,5H2,1-3H3. The molecule has 0 atom stereocenters. The second-order valence-electron chi connectivity index (χ2n) is 2.51. The van der Waals surface area contributed by atoms with Gasteiger partial charge in [-0.3, -0.25) is 0 Å². The molecule has 0 aromatic carbocycles. The van der Waals surface area contributed by atoms with E-state index in [4.69, 9.17) is 19.3 Å². The van der Waals surface area contributed by atoms with Crippen LogP contribution in [0.4, 0.5) is 0 Å². The third kappa shape index (κ3) is 1.72. The number of aliphatic hydroxyl groups is 1. The van der Waals surface area contributed by atoms with Gasteiger partial charge in [-0.25, -0.2) is 4.98 Å². The first-order valence-electron chi connectivity index (χ1n) is 4.03. The SMILES string of the molecule is COc1cnc(OC)c(OC)c1CO. The van der Waals surface area contributed by atoms with Crippen LogP contribution in [-0.4, -0.2) is 31.4 Å². The lowest BCUT2D eigenvalue weighted by Gasteiger charge is -2.12. The first kappa shape index (κ1) is 10.6. The largest absolute Gasteiger partial charge is 0.495 e. The molecule has 0 bridgehead atoms. The van der Waals surface area contributed by atoms with Crippen LogP contribution in [0.1, 0.15) is 5.56 Å². The second-order valence-corrected chi connectivity index (χ2v) is 2.51. The van der Waals surface area contributed by atoms with Gasteiger partial charge in [-0.2, -0.15) is 0 Å². The monoisotopic (exact) mass is 199 g/mol. The van der Waals surface area contributed by atoms with Crippen molar-refractivity contribution in [2.45, 2.75) is 6.61 Å². The molecule has 0 saturated carbocycles. The van der Waals surface area contributed by atoms with E-state index in [1.165, 1.54) is 27.5 Å². The number of rotatable bonds is 4. The predicted molar refractivity (Wildman–Crippen MR) is 49.8 cm³/mol. The molecule has 1 rings (SSSR count). The summed E-state index contributed by atoms with van der Waals surface area (Å²) >= 11 is 0. The average molecular weight is 199 g/mol. The summed E-state index contributed by atoms with van der Waals surface area (Å²) in [5.41, 5.74) is 0.529. The van der Waals surface area contributed by atoms with Crippen molar-refractivity contribution in [1.82, 2.24) is 4.98 Å². The van der Waals surface area contributed by atoms with Crippen LogP contribution in [0.5, 0.6) is 17.4 Å². The Hall–Kier alpha value is -1.49. The zero-order valence-electron chi connectivity index (χ0n) is 8.40. The van der Waals surface area contributed by atoms with Crippen LogP contribution in [0.2, 0.25) is 0 Å². The third-order valence-electron chi connectivity index (χ3n) is 1.84. The number of nitrogens with zero attached hydrogens (tertiary/aromatic N) is 1. The Morgan fingerprint density at radius 3 is 2.36 bits per heavy atom. The van der Waals surface area contributed by atoms with E-state index in [-0.39, 0.29) is 6.61 Å². The van der Waals surface area contributed by atoms with Crippen molar-refractivity contribution in [3.05, 3.63) is 11.8 Å². The Labute approximate surface area is 82.2 Å². The van der Waals surface area contributed by atoms with Crippen LogP contribution >= 0.6 is 0 Å². The molecule has 14 heavy (non-hydrogen) atoms. The lowest BCUT2D eigenvalue weighted by Crippen LogP contribution is -2.01. The van der Waals surface area contributed by atoms with Gasteiger partial charge in [0, 0.05) is 0 Å². The van der Waals surface area contributed by atoms with Crippen molar-refractivity contribution in [1.29, 1.82) is 0 Å². The topological polar surface area (TPSA) is 60.8 Å². The first-order valence-corrected chi connectivity index (χ1v) is 4.03. The molecule has 0 aliphatic carbocycles. The molecule has 1 N–H and O–H groups in total. The molecule has 78 valence electrons. The van der Waals surface area contributed by atoms with E-state index in [1.807, 2.05) is 0 Å². The number of pyridine rings is 1. The highest BCUT2D eigenvalue weighted by atomic mass is 16.5. The molecule has 0 aliphatic rings. The maximum Gasteiger partial charge on any atom is 0.257 e. The summed E-state index contributed by atoms with van der Waals surface area (Å²) in [5.74, 6) is 1.21. The zero-order valence-corrected chi connectivity index (χ0v) is 8.40. The molecule has 0 saturated heterocycles. The van der Waals surface area contributed by atoms with Gasteiger partial charge in [0.05, 0.1) is 39.7 Å². The minimum Gasteiger partial charge on any atom is -0.495 e. The van der Waals surface area contributed by atoms with E-state index in [1.54, 1.807) is 0 Å². The maximum absolute atomic E-state index is 9.14. The van der Waals surface area contributed by atoms with Crippen LogP contribution in [0.3, 0.4) is 0 Å². The smallest absolute Gasteiger partial charge is 0.257 e. The minimum atomic E-state index is -0.189. The quantitative estimate of drug-likeness (QED) is 0.769. The van der Waals surface area contributed by atoms with Gasteiger partial charge < -0.3 is 19.3 Å². The van der Waals surface area contributed by atoms with Crippen LogP contribution in [-0.2, 0) is 6.61 Å². The molecular formula is C9H13NO4. The van der Waals surface area contributed by atoms with Gasteiger partial charge in [-0.05, 0) is 0 Å². The number of hydrogen-bond acceptors (Lipinski definition) is 5. The maximum atomic E-state index is 9.14. The molecule has 0 aliphatic heterocycles. The van der Waals surface area contributed by atoms with E-state index in [9.17, 15) is 0 Å². The van der Waals surface area contributed by atoms with E-state index < -0.39 is 0 Å². The van der Waals surface area contributed by atoms with Gasteiger partial charge in [0.15, 0.2) is 5.75 Å². The number of aromatic nitrogens is 1. The second kappa shape index (κ2) is 4.66. The van der Waals surface area contributed by atoms with Crippen LogP contribution in [0, 0.1) is 0 Å². The summed E-state index contributed by atoms with van der Waals surface area (Å²) in [5, 5.41) is 9.14. The predicted octanol–water partition coefficient (Wildman–Crippen LogP) is 0.600. The molecule has 0 radical (unpaired) electrons. The highest BCUT2D eigenvalue weighted by Crippen LogP contribution is 2.34. The molecule has 1 aromatic rings. The van der Waals surface area contributed by atoms with Crippen LogP contribution in [0.25, 0.3) is 0 Å². The molecule has 0 unspecified atom stereocenters. The lowest BCUT2D eigenvalue weighted by molar-refractivity contribution is 0.259. The number of hydrogen-bond donors (Lipinski definition) is 1. The minimum absolute atomic E-state index is 0.189. The molecule has 1 heterocycles. The Kier molecular flexibility index (Phi) is 3.53. The molecule has 0 spiro atoms. The summed E-state index contributed by atoms with van der Waals surface area (Å²) in [6.07, 6.45) is 1.48. The zero-order chi connectivity index (χ0) is 10.6. The fraction of sp³-hybridized carbons (Fsp3) is 0.444. The first-order chi connectivity index (χ1) is 6.78. The highest BCUT2D eigenvalue weighted by Gasteiger charge is 2.15. The van der Waals surface area contributed by atoms with Crippen molar-refractivity contribution in [3.63, 3.8) is 0 Å². The van der Waals surface area contributed by atoms with Crippen molar-refractivity contribution < 1.29 is 19.3 Å². The molecule has 5 heteroatoms. The summed E-state index contributed by atoms with van der Waals surface area (Å²) < 4.78 is 15.1. The Bertz CT molecular complexity index is 283. The van der Waals surface area contributed by atoms with Crippen molar-refractivity contribution in [2.24, 2.45) is 0 Å². The lowest BCUT2D eigenvalue weighted by atomic mass is 10.2. The Morgan fingerprint density at radius 1 is 1.21 bits per heavy atom. The van der Waals surface area contributed by atoms with Crippen molar-refractivity contribution >= 4 is 0 Å². The fourth-order valence-electron chi connectivity index (χ4n) is 1.18. The van der Waals surface area contributed by atoms with Crippen molar-refractivity contribution in [3.8, 4) is 17.4 Å². The van der Waals surface area contributed by atoms with Gasteiger partial charge in [-0.15, -0.1) is 0 Å². The Morgan fingerprint density at radius 2 is 1.93 bits per heavy atom. The summed E-state index contributed by atoms with van der Waals surface area (Å²) in [6.45, 7) is -0.189. The molecule has 1 aromatic heterocycles. The summed E-state index contributed by atoms with van der Waals surface area (Å²) in [4.78, 5) is 3.96. The van der Waals surface area contributed by atoms with E-state index in [2.05, 4.69) is 4.98 Å². The molecule has 0 fully saturated rings. The summed E-state index contributed by atoms with van der Waals surface area (Å²) in [6, 6.07) is 0. The van der Waals surface area contributed by atoms with Gasteiger partial charge in [0.2, 0.25) is 0 Å². The van der Waals surface area contributed by atoms with E-state index >= 15 is 0 Å². The van der Waals surface area contributed by atoms with E-state index in [0.29, 0.717) is 22.9 Å². The number of ether oxygens (including phenoxy) is 3. The summed E-state index contributed by atoms with van der Waals surface area (Å²) in [7, 11) is 4.47. The van der Waals surface area contributed by atoms with Gasteiger partial charge in [0.25, 0.3) is 5.88 Å². The van der Waals surface area contributed by atoms with Crippen LogP contribution < -0.4 is 14.2 Å². The molecule has 0 amide bonds. The van der Waals surface area contributed by atoms with Gasteiger partial charge in [-0.1, -0.05) is 0 Å². The number of aliphatic hydroxyl groups excluding tert-OH is 1. The third-order valence-corrected chi connectivity index (χ3v) is 1.84. The van der Waals surface area contributed by atoms with E-state index in [0.717, 1.165) is 0 Å². The average Bonchev–Trinajstić information content (AvgIpc) is 2.26. The number of methoxy groups -OCH3 is 3. The molecular weight excluding hydrogens is 186 g/mol. The molecule has 5 nitrogen and oxygen atoms in total. The Balaban J connectivity index is 3.28. The van der Waals surface area contributed by atoms with Crippen molar-refractivity contribution in [2.75, 3.05) is 21.3 Å². The highest BCUT2D eigenvalue weighted by molar-refractivity contribution is 5.48. The normalized spacial score (nSPS) is 9.71. The van der Waals surface area contributed by atoms with Gasteiger partial charge in [0.1, 0.15) is 5.75 Å². The van der Waals surface area contributed by atoms with Gasteiger partial charge >= 0.3 is 0 Å².